The van der Waals surface area contributed by atoms with Gasteiger partial charge in [-0.2, -0.15) is 12.6 Å². The van der Waals surface area contributed by atoms with E-state index in [1.807, 2.05) is 13.1 Å². The molecule has 0 aliphatic heterocycles. The predicted molar refractivity (Wildman–Crippen MR) is 65.4 cm³/mol. The number of nitrogens with zero attached hydrogens (tertiary/aromatic N) is 2. The van der Waals surface area contributed by atoms with E-state index in [9.17, 15) is 4.79 Å². The van der Waals surface area contributed by atoms with Crippen LogP contribution in [0.2, 0.25) is 0 Å². The minimum absolute atomic E-state index is 0.173. The Bertz CT molecular complexity index is 373. The van der Waals surface area contributed by atoms with Gasteiger partial charge in [0.15, 0.2) is 0 Å². The molecule has 1 aromatic heterocycles. The van der Waals surface area contributed by atoms with Crippen molar-refractivity contribution in [3.05, 3.63) is 28.4 Å². The summed E-state index contributed by atoms with van der Waals surface area (Å²) in [5, 5.41) is 0. The van der Waals surface area contributed by atoms with Gasteiger partial charge in [0.1, 0.15) is 0 Å². The van der Waals surface area contributed by atoms with Crippen LogP contribution in [0, 0.1) is 18.8 Å². The highest BCUT2D eigenvalue weighted by Gasteiger charge is 2.13. The highest BCUT2D eigenvalue weighted by Crippen LogP contribution is 2.14. The van der Waals surface area contributed by atoms with Gasteiger partial charge < -0.3 is 0 Å². The molecule has 1 rings (SSSR count). The minimum atomic E-state index is -0.173. The Hall–Kier alpha value is -0.770. The van der Waals surface area contributed by atoms with Gasteiger partial charge in [-0.3, -0.25) is 4.57 Å². The van der Waals surface area contributed by atoms with Crippen molar-refractivity contribution < 1.29 is 0 Å². The Morgan fingerprint density at radius 1 is 1.53 bits per heavy atom. The molecule has 1 unspecified atom stereocenters. The molecule has 0 fully saturated rings. The van der Waals surface area contributed by atoms with Crippen molar-refractivity contribution in [1.82, 2.24) is 9.55 Å². The van der Waals surface area contributed by atoms with Gasteiger partial charge in [-0.1, -0.05) is 13.8 Å². The molecule has 0 aliphatic carbocycles. The van der Waals surface area contributed by atoms with Crippen LogP contribution in [0.4, 0.5) is 0 Å². The summed E-state index contributed by atoms with van der Waals surface area (Å²) in [6.45, 7) is 6.94. The van der Waals surface area contributed by atoms with Crippen LogP contribution in [0.15, 0.2) is 17.2 Å². The average Bonchev–Trinajstić information content (AvgIpc) is 2.18. The van der Waals surface area contributed by atoms with Crippen LogP contribution in [-0.2, 0) is 6.54 Å². The van der Waals surface area contributed by atoms with Gasteiger partial charge >= 0.3 is 5.69 Å². The highest BCUT2D eigenvalue weighted by molar-refractivity contribution is 7.80. The first kappa shape index (κ1) is 12.3. The third-order valence-corrected chi connectivity index (χ3v) is 3.06. The molecule has 0 aliphatic rings. The second-order valence-electron chi connectivity index (χ2n) is 4.25. The maximum atomic E-state index is 11.5. The summed E-state index contributed by atoms with van der Waals surface area (Å²) >= 11 is 4.31. The van der Waals surface area contributed by atoms with Crippen LogP contribution in [-0.4, -0.2) is 15.3 Å². The van der Waals surface area contributed by atoms with E-state index in [0.717, 1.165) is 11.3 Å². The lowest BCUT2D eigenvalue weighted by molar-refractivity contribution is 0.364. The van der Waals surface area contributed by atoms with Crippen molar-refractivity contribution in [3.8, 4) is 0 Å². The van der Waals surface area contributed by atoms with Crippen LogP contribution in [0.1, 0.15) is 19.4 Å². The average molecular weight is 226 g/mol. The molecule has 0 radical (unpaired) electrons. The van der Waals surface area contributed by atoms with Crippen molar-refractivity contribution in [2.45, 2.75) is 27.3 Å². The first-order valence-electron chi connectivity index (χ1n) is 5.18. The van der Waals surface area contributed by atoms with E-state index in [-0.39, 0.29) is 5.69 Å². The Kier molecular flexibility index (Phi) is 4.39. The normalized spacial score (nSPS) is 13.1. The minimum Gasteiger partial charge on any atom is -0.299 e. The van der Waals surface area contributed by atoms with E-state index in [2.05, 4.69) is 31.5 Å². The van der Waals surface area contributed by atoms with Gasteiger partial charge in [-0.05, 0) is 30.1 Å². The van der Waals surface area contributed by atoms with Crippen molar-refractivity contribution in [1.29, 1.82) is 0 Å². The topological polar surface area (TPSA) is 34.9 Å². The molecule has 1 aromatic rings. The molecule has 0 aromatic carbocycles. The van der Waals surface area contributed by atoms with E-state index >= 15 is 0 Å². The summed E-state index contributed by atoms with van der Waals surface area (Å²) < 4.78 is 1.68. The number of rotatable bonds is 4. The Morgan fingerprint density at radius 3 is 2.73 bits per heavy atom. The van der Waals surface area contributed by atoms with Gasteiger partial charge in [-0.15, -0.1) is 0 Å². The molecule has 1 heterocycles. The fourth-order valence-electron chi connectivity index (χ4n) is 1.43. The largest absolute Gasteiger partial charge is 0.347 e. The number of hydrogen-bond acceptors (Lipinski definition) is 3. The summed E-state index contributed by atoms with van der Waals surface area (Å²) in [5.41, 5.74) is 0.837. The van der Waals surface area contributed by atoms with Crippen molar-refractivity contribution in [3.63, 3.8) is 0 Å². The fraction of sp³-hybridized carbons (Fsp3) is 0.636. The molecular weight excluding hydrogens is 208 g/mol. The number of hydrogen-bond donors (Lipinski definition) is 1. The monoisotopic (exact) mass is 226 g/mol. The summed E-state index contributed by atoms with van der Waals surface area (Å²) in [4.78, 5) is 15.3. The van der Waals surface area contributed by atoms with E-state index < -0.39 is 0 Å². The van der Waals surface area contributed by atoms with Gasteiger partial charge in [0.2, 0.25) is 0 Å². The maximum absolute atomic E-state index is 11.5. The van der Waals surface area contributed by atoms with Crippen LogP contribution in [0.3, 0.4) is 0 Å². The predicted octanol–water partition coefficient (Wildman–Crippen LogP) is 1.75. The lowest BCUT2D eigenvalue weighted by Gasteiger charge is -2.19. The lowest BCUT2D eigenvalue weighted by atomic mass is 9.98. The second-order valence-corrected chi connectivity index (χ2v) is 4.62. The fourth-order valence-corrected chi connectivity index (χ4v) is 1.97. The van der Waals surface area contributed by atoms with E-state index in [1.165, 1.54) is 0 Å². The molecule has 0 spiro atoms. The molecule has 4 heteroatoms. The third kappa shape index (κ3) is 3.38. The smallest absolute Gasteiger partial charge is 0.299 e. The zero-order valence-corrected chi connectivity index (χ0v) is 10.4. The first-order chi connectivity index (χ1) is 7.04. The van der Waals surface area contributed by atoms with Crippen LogP contribution < -0.4 is 5.69 Å². The summed E-state index contributed by atoms with van der Waals surface area (Å²) in [6, 6.07) is 0. The molecule has 0 saturated heterocycles. The maximum Gasteiger partial charge on any atom is 0.347 e. The van der Waals surface area contributed by atoms with Crippen molar-refractivity contribution >= 4 is 12.6 Å². The van der Waals surface area contributed by atoms with Gasteiger partial charge in [-0.25, -0.2) is 9.78 Å². The molecule has 0 bridgehead atoms. The Balaban J connectivity index is 2.87. The Labute approximate surface area is 96.0 Å². The van der Waals surface area contributed by atoms with Gasteiger partial charge in [0.05, 0.1) is 0 Å². The van der Waals surface area contributed by atoms with Gasteiger partial charge in [0, 0.05) is 18.9 Å². The summed E-state index contributed by atoms with van der Waals surface area (Å²) in [5.74, 6) is 1.72. The molecular formula is C11H18N2OS. The standard InChI is InChI=1S/C11H18N2OS/c1-8(2)10(7-15)6-13-5-9(3)4-12-11(13)14/h4-5,8,10,15H,6-7H2,1-3H3. The lowest BCUT2D eigenvalue weighted by Crippen LogP contribution is -2.28. The first-order valence-corrected chi connectivity index (χ1v) is 5.81. The molecule has 0 amide bonds. The summed E-state index contributed by atoms with van der Waals surface area (Å²) in [7, 11) is 0. The van der Waals surface area contributed by atoms with Crippen molar-refractivity contribution in [2.75, 3.05) is 5.75 Å². The third-order valence-electron chi connectivity index (χ3n) is 2.59. The van der Waals surface area contributed by atoms with E-state index in [4.69, 9.17) is 0 Å². The number of aryl methyl sites for hydroxylation is 1. The highest BCUT2D eigenvalue weighted by atomic mass is 32.1. The second kappa shape index (κ2) is 5.35. The molecule has 0 saturated carbocycles. The van der Waals surface area contributed by atoms with Crippen LogP contribution in [0.5, 0.6) is 0 Å². The quantitative estimate of drug-likeness (QED) is 0.794. The van der Waals surface area contributed by atoms with Crippen LogP contribution in [0.25, 0.3) is 0 Å². The SMILES string of the molecule is Cc1cnc(=O)n(CC(CS)C(C)C)c1. The molecule has 3 nitrogen and oxygen atoms in total. The number of thiol groups is 1. The zero-order valence-electron chi connectivity index (χ0n) is 9.47. The molecule has 15 heavy (non-hydrogen) atoms. The van der Waals surface area contributed by atoms with E-state index in [1.54, 1.807) is 10.8 Å². The molecule has 1 atom stereocenters. The van der Waals surface area contributed by atoms with Crippen molar-refractivity contribution in [2.24, 2.45) is 11.8 Å². The zero-order chi connectivity index (χ0) is 11.4. The van der Waals surface area contributed by atoms with E-state index in [0.29, 0.717) is 18.4 Å². The van der Waals surface area contributed by atoms with Gasteiger partial charge in [0.25, 0.3) is 0 Å². The molecule has 84 valence electrons. The summed E-state index contributed by atoms with van der Waals surface area (Å²) in [6.07, 6.45) is 3.46. The molecule has 0 N–H and O–H groups in total. The number of aromatic nitrogens is 2. The van der Waals surface area contributed by atoms with Crippen LogP contribution >= 0.6 is 12.6 Å². The Morgan fingerprint density at radius 2 is 2.20 bits per heavy atom.